The largest absolute Gasteiger partial charge is 1.00 e. The molecule has 13 heteroatoms. The standard InChI is InChI=1S/C7H15NO8P2.2Na/c1-2-6(9)8-5-3-4-7(10,17(11,12)13)18(14,15)16;;/h2,10H,1,3-5H2,(H,8,9)(H2,11,12,13)(H2,14,15,16);;/q;2*+1/p-2. The number of carbonyl (C=O) groups excluding carboxylic acids is 1. The van der Waals surface area contributed by atoms with E-state index in [0.717, 1.165) is 6.08 Å². The zero-order valence-corrected chi connectivity index (χ0v) is 17.0. The molecule has 0 rings (SSSR count). The average molecular weight is 347 g/mol. The Morgan fingerprint density at radius 3 is 2.05 bits per heavy atom. The monoisotopic (exact) mass is 347 g/mol. The number of rotatable bonds is 7. The molecule has 4 N–H and O–H groups in total. The molecule has 0 aromatic rings. The van der Waals surface area contributed by atoms with Crippen LogP contribution >= 0.6 is 15.2 Å². The summed E-state index contributed by atoms with van der Waals surface area (Å²) in [5.41, 5.74) is 0. The molecule has 0 aromatic carbocycles. The minimum Gasteiger partial charge on any atom is -0.808 e. The van der Waals surface area contributed by atoms with Crippen LogP contribution in [0.15, 0.2) is 12.7 Å². The molecule has 1 unspecified atom stereocenters. The van der Waals surface area contributed by atoms with Crippen LogP contribution in [0, 0.1) is 0 Å². The summed E-state index contributed by atoms with van der Waals surface area (Å²) in [5, 5.41) is 7.86. The normalized spacial score (nSPS) is 14.2. The fraction of sp³-hybridized carbons (Fsp3) is 0.571. The van der Waals surface area contributed by atoms with Gasteiger partial charge in [0.25, 0.3) is 0 Å². The van der Waals surface area contributed by atoms with E-state index in [1.807, 2.05) is 0 Å². The quantitative estimate of drug-likeness (QED) is 0.152. The third-order valence-corrected chi connectivity index (χ3v) is 5.85. The first kappa shape index (κ1) is 26.4. The van der Waals surface area contributed by atoms with Crippen molar-refractivity contribution < 1.29 is 97.7 Å². The van der Waals surface area contributed by atoms with Crippen molar-refractivity contribution in [2.75, 3.05) is 6.54 Å². The summed E-state index contributed by atoms with van der Waals surface area (Å²) < 4.78 is 21.6. The van der Waals surface area contributed by atoms with E-state index in [2.05, 4.69) is 11.9 Å². The molecule has 0 aliphatic carbocycles. The van der Waals surface area contributed by atoms with Crippen molar-refractivity contribution in [1.29, 1.82) is 0 Å². The Bertz CT molecular complexity index is 397. The summed E-state index contributed by atoms with van der Waals surface area (Å²) in [6.45, 7) is 2.96. The molecule has 0 saturated heterocycles. The second-order valence-electron chi connectivity index (χ2n) is 3.41. The summed E-state index contributed by atoms with van der Waals surface area (Å²) in [6, 6.07) is 0. The molecule has 0 spiro atoms. The van der Waals surface area contributed by atoms with Gasteiger partial charge in [0.15, 0.2) is 5.08 Å². The van der Waals surface area contributed by atoms with Crippen LogP contribution in [-0.2, 0) is 13.9 Å². The van der Waals surface area contributed by atoms with Gasteiger partial charge in [-0.3, -0.25) is 9.36 Å². The molecule has 0 aliphatic heterocycles. The fourth-order valence-corrected chi connectivity index (χ4v) is 3.21. The number of hydrogen-bond acceptors (Lipinski definition) is 6. The topological polar surface area (TPSA) is 170 Å². The molecule has 0 saturated carbocycles. The second-order valence-corrected chi connectivity index (χ2v) is 7.33. The van der Waals surface area contributed by atoms with Crippen molar-refractivity contribution in [2.24, 2.45) is 0 Å². The van der Waals surface area contributed by atoms with E-state index >= 15 is 0 Å². The molecule has 1 amide bonds. The Hall–Kier alpha value is 1.47. The van der Waals surface area contributed by atoms with E-state index in [1.54, 1.807) is 0 Å². The van der Waals surface area contributed by atoms with Crippen molar-refractivity contribution in [1.82, 2.24) is 5.32 Å². The molecular formula is C7H13NNa2O8P2. The molecule has 0 aromatic heterocycles. The average Bonchev–Trinajstić information content (AvgIpc) is 2.20. The van der Waals surface area contributed by atoms with E-state index in [-0.39, 0.29) is 72.1 Å². The number of aliphatic hydroxyl groups is 1. The van der Waals surface area contributed by atoms with Crippen molar-refractivity contribution in [2.45, 2.75) is 17.9 Å². The molecule has 9 nitrogen and oxygen atoms in total. The Labute approximate surface area is 160 Å². The number of nitrogens with one attached hydrogen (secondary N) is 1. The van der Waals surface area contributed by atoms with Crippen LogP contribution < -0.4 is 74.2 Å². The Balaban J connectivity index is -0.00000144. The number of carbonyl (C=O) groups is 1. The summed E-state index contributed by atoms with van der Waals surface area (Å²) in [6.07, 6.45) is -0.365. The van der Waals surface area contributed by atoms with Gasteiger partial charge in [0.2, 0.25) is 5.91 Å². The zero-order valence-electron chi connectivity index (χ0n) is 11.2. The van der Waals surface area contributed by atoms with Gasteiger partial charge < -0.3 is 34.6 Å². The molecular weight excluding hydrogens is 334 g/mol. The first-order valence-electron chi connectivity index (χ1n) is 4.66. The predicted molar refractivity (Wildman–Crippen MR) is 57.0 cm³/mol. The third kappa shape index (κ3) is 7.65. The van der Waals surface area contributed by atoms with E-state index in [1.165, 1.54) is 0 Å². The SMILES string of the molecule is C=CC(=O)NCCCC(O)(P(=O)([O-])[O-])P(=O)(O)O.[Na+].[Na+]. The molecule has 0 bridgehead atoms. The smallest absolute Gasteiger partial charge is 0.808 e. The molecule has 20 heavy (non-hydrogen) atoms. The van der Waals surface area contributed by atoms with Gasteiger partial charge in [-0.25, -0.2) is 0 Å². The van der Waals surface area contributed by atoms with Gasteiger partial charge in [-0.2, -0.15) is 0 Å². The fourth-order valence-electron chi connectivity index (χ4n) is 1.05. The minimum atomic E-state index is -5.92. The maximum absolute atomic E-state index is 10.9. The Kier molecular flexibility index (Phi) is 13.6. The number of amides is 1. The van der Waals surface area contributed by atoms with Crippen molar-refractivity contribution in [3.63, 3.8) is 0 Å². The Morgan fingerprint density at radius 2 is 1.75 bits per heavy atom. The minimum absolute atomic E-state index is 0. The Morgan fingerprint density at radius 1 is 1.30 bits per heavy atom. The summed E-state index contributed by atoms with van der Waals surface area (Å²) >= 11 is 0. The second kappa shape index (κ2) is 10.3. The maximum atomic E-state index is 10.9. The summed E-state index contributed by atoms with van der Waals surface area (Å²) in [5.74, 6) is -0.581. The van der Waals surface area contributed by atoms with E-state index in [4.69, 9.17) is 9.79 Å². The predicted octanol–water partition coefficient (Wildman–Crippen LogP) is -8.19. The molecule has 0 heterocycles. The molecule has 0 radical (unpaired) electrons. The van der Waals surface area contributed by atoms with Crippen molar-refractivity contribution >= 4 is 21.1 Å². The van der Waals surface area contributed by atoms with Crippen LogP contribution in [0.25, 0.3) is 0 Å². The maximum Gasteiger partial charge on any atom is 1.00 e. The number of hydrogen-bond donors (Lipinski definition) is 4. The van der Waals surface area contributed by atoms with Crippen molar-refractivity contribution in [3.05, 3.63) is 12.7 Å². The van der Waals surface area contributed by atoms with Crippen LogP contribution in [0.4, 0.5) is 0 Å². The summed E-state index contributed by atoms with van der Waals surface area (Å²) in [4.78, 5) is 49.6. The van der Waals surface area contributed by atoms with Gasteiger partial charge in [-0.05, 0) is 26.5 Å². The van der Waals surface area contributed by atoms with Crippen LogP contribution in [0.1, 0.15) is 12.8 Å². The molecule has 1 atom stereocenters. The molecule has 0 fully saturated rings. The van der Waals surface area contributed by atoms with E-state index < -0.39 is 32.6 Å². The van der Waals surface area contributed by atoms with Crippen LogP contribution in [0.2, 0.25) is 0 Å². The van der Waals surface area contributed by atoms with Crippen LogP contribution in [0.5, 0.6) is 0 Å². The first-order valence-corrected chi connectivity index (χ1v) is 7.81. The van der Waals surface area contributed by atoms with Crippen LogP contribution in [-0.4, -0.2) is 32.4 Å². The van der Waals surface area contributed by atoms with Crippen molar-refractivity contribution in [3.8, 4) is 0 Å². The molecule has 0 aliphatic rings. The summed E-state index contributed by atoms with van der Waals surface area (Å²) in [7, 11) is -11.5. The van der Waals surface area contributed by atoms with Crippen LogP contribution in [0.3, 0.4) is 0 Å². The van der Waals surface area contributed by atoms with Gasteiger partial charge in [-0.15, -0.1) is 0 Å². The van der Waals surface area contributed by atoms with Gasteiger partial charge >= 0.3 is 66.7 Å². The van der Waals surface area contributed by atoms with Gasteiger partial charge in [-0.1, -0.05) is 6.58 Å². The van der Waals surface area contributed by atoms with Gasteiger partial charge in [0.05, 0.1) is 0 Å². The van der Waals surface area contributed by atoms with E-state index in [9.17, 15) is 28.8 Å². The van der Waals surface area contributed by atoms with Gasteiger partial charge in [0.1, 0.15) is 0 Å². The molecule has 106 valence electrons. The zero-order chi connectivity index (χ0) is 14.6. The van der Waals surface area contributed by atoms with Gasteiger partial charge in [0, 0.05) is 6.54 Å². The third-order valence-electron chi connectivity index (χ3n) is 2.08. The first-order chi connectivity index (χ1) is 7.95. The van der Waals surface area contributed by atoms with E-state index in [0.29, 0.717) is 0 Å².